The van der Waals surface area contributed by atoms with E-state index in [0.29, 0.717) is 6.04 Å². The van der Waals surface area contributed by atoms with E-state index in [1.807, 2.05) is 6.07 Å². The molecule has 98 valence electrons. The molecule has 0 atom stereocenters. The molecule has 0 aromatic heterocycles. The smallest absolute Gasteiger partial charge is 0.312 e. The molecule has 0 bridgehead atoms. The molecule has 1 aromatic rings. The van der Waals surface area contributed by atoms with Gasteiger partial charge in [-0.05, 0) is 31.2 Å². The second-order valence-corrected chi connectivity index (χ2v) is 4.92. The highest BCUT2D eigenvalue weighted by Crippen LogP contribution is 2.18. The number of benzene rings is 1. The lowest BCUT2D eigenvalue weighted by Crippen LogP contribution is -2.43. The van der Waals surface area contributed by atoms with Crippen LogP contribution in [0.3, 0.4) is 0 Å². The minimum atomic E-state index is -0.407. The predicted octanol–water partition coefficient (Wildman–Crippen LogP) is 1.76. The monoisotopic (exact) mass is 247 g/mol. The lowest BCUT2D eigenvalue weighted by molar-refractivity contribution is 0.237. The van der Waals surface area contributed by atoms with Crippen molar-refractivity contribution in [2.45, 2.75) is 44.3 Å². The number of urea groups is 1. The van der Waals surface area contributed by atoms with Gasteiger partial charge >= 0.3 is 6.03 Å². The Morgan fingerprint density at radius 3 is 2.33 bits per heavy atom. The maximum atomic E-state index is 10.8. The van der Waals surface area contributed by atoms with Crippen molar-refractivity contribution in [3.8, 4) is 0 Å². The molecule has 4 heteroatoms. The van der Waals surface area contributed by atoms with Crippen LogP contribution in [0.1, 0.15) is 31.2 Å². The highest BCUT2D eigenvalue weighted by molar-refractivity contribution is 5.71. The van der Waals surface area contributed by atoms with Gasteiger partial charge in [-0.15, -0.1) is 0 Å². The minimum Gasteiger partial charge on any atom is -0.352 e. The first-order valence-corrected chi connectivity index (χ1v) is 6.57. The van der Waals surface area contributed by atoms with Gasteiger partial charge in [0.1, 0.15) is 0 Å². The number of hydrogen-bond acceptors (Lipinski definition) is 2. The first kappa shape index (κ1) is 12.9. The van der Waals surface area contributed by atoms with Gasteiger partial charge in [0.15, 0.2) is 0 Å². The van der Waals surface area contributed by atoms with Crippen LogP contribution in [0.15, 0.2) is 30.3 Å². The summed E-state index contributed by atoms with van der Waals surface area (Å²) in [6.45, 7) is 0.916. The van der Waals surface area contributed by atoms with Crippen LogP contribution in [0.5, 0.6) is 0 Å². The fourth-order valence-electron chi connectivity index (χ4n) is 2.50. The van der Waals surface area contributed by atoms with E-state index < -0.39 is 6.03 Å². The van der Waals surface area contributed by atoms with Gasteiger partial charge in [0.05, 0.1) is 0 Å². The van der Waals surface area contributed by atoms with Gasteiger partial charge in [0.25, 0.3) is 0 Å². The van der Waals surface area contributed by atoms with Crippen LogP contribution in [0.2, 0.25) is 0 Å². The molecular weight excluding hydrogens is 226 g/mol. The van der Waals surface area contributed by atoms with Crippen LogP contribution in [0, 0.1) is 0 Å². The Labute approximate surface area is 108 Å². The lowest BCUT2D eigenvalue weighted by atomic mass is 9.91. The van der Waals surface area contributed by atoms with Crippen LogP contribution in [-0.2, 0) is 6.54 Å². The molecule has 0 aliphatic heterocycles. The zero-order chi connectivity index (χ0) is 12.8. The molecule has 18 heavy (non-hydrogen) atoms. The summed E-state index contributed by atoms with van der Waals surface area (Å²) in [7, 11) is 0. The Kier molecular flexibility index (Phi) is 4.59. The topological polar surface area (TPSA) is 67.2 Å². The largest absolute Gasteiger partial charge is 0.352 e. The van der Waals surface area contributed by atoms with Gasteiger partial charge in [-0.3, -0.25) is 0 Å². The van der Waals surface area contributed by atoms with Gasteiger partial charge in [-0.25, -0.2) is 4.79 Å². The highest BCUT2D eigenvalue weighted by atomic mass is 16.2. The van der Waals surface area contributed by atoms with Gasteiger partial charge in [0, 0.05) is 18.6 Å². The van der Waals surface area contributed by atoms with Crippen LogP contribution >= 0.6 is 0 Å². The molecule has 0 saturated heterocycles. The van der Waals surface area contributed by atoms with Crippen LogP contribution < -0.4 is 16.4 Å². The summed E-state index contributed by atoms with van der Waals surface area (Å²) < 4.78 is 0. The van der Waals surface area contributed by atoms with Crippen molar-refractivity contribution in [3.63, 3.8) is 0 Å². The second-order valence-electron chi connectivity index (χ2n) is 4.92. The van der Waals surface area contributed by atoms with Gasteiger partial charge in [0.2, 0.25) is 0 Å². The average Bonchev–Trinajstić information content (AvgIpc) is 2.38. The van der Waals surface area contributed by atoms with E-state index in [0.717, 1.165) is 32.2 Å². The van der Waals surface area contributed by atoms with Crippen molar-refractivity contribution in [3.05, 3.63) is 35.9 Å². The van der Waals surface area contributed by atoms with Crippen molar-refractivity contribution in [2.24, 2.45) is 5.73 Å². The molecule has 1 aliphatic carbocycles. The van der Waals surface area contributed by atoms with Crippen molar-refractivity contribution >= 4 is 6.03 Å². The zero-order valence-corrected chi connectivity index (χ0v) is 10.6. The molecule has 1 saturated carbocycles. The van der Waals surface area contributed by atoms with E-state index in [1.165, 1.54) is 5.56 Å². The number of hydrogen-bond donors (Lipinski definition) is 3. The van der Waals surface area contributed by atoms with E-state index in [9.17, 15) is 4.79 Å². The summed E-state index contributed by atoms with van der Waals surface area (Å²) in [5.41, 5.74) is 6.44. The molecule has 2 rings (SSSR count). The zero-order valence-electron chi connectivity index (χ0n) is 10.6. The lowest BCUT2D eigenvalue weighted by Gasteiger charge is -2.29. The first-order valence-electron chi connectivity index (χ1n) is 6.57. The van der Waals surface area contributed by atoms with E-state index in [2.05, 4.69) is 34.9 Å². The summed E-state index contributed by atoms with van der Waals surface area (Å²) in [5, 5.41) is 6.35. The summed E-state index contributed by atoms with van der Waals surface area (Å²) in [6.07, 6.45) is 4.21. The van der Waals surface area contributed by atoms with E-state index in [4.69, 9.17) is 5.73 Å². The maximum Gasteiger partial charge on any atom is 0.312 e. The molecule has 1 aliphatic rings. The molecule has 0 heterocycles. The normalized spacial score (nSPS) is 23.6. The summed E-state index contributed by atoms with van der Waals surface area (Å²) >= 11 is 0. The highest BCUT2D eigenvalue weighted by Gasteiger charge is 2.21. The number of primary amides is 1. The number of carbonyl (C=O) groups excluding carboxylic acids is 1. The van der Waals surface area contributed by atoms with Crippen molar-refractivity contribution in [1.82, 2.24) is 10.6 Å². The molecule has 4 nitrogen and oxygen atoms in total. The second kappa shape index (κ2) is 6.40. The Bertz CT molecular complexity index is 372. The molecule has 0 radical (unpaired) electrons. The fraction of sp³-hybridized carbons (Fsp3) is 0.500. The molecule has 1 fully saturated rings. The predicted molar refractivity (Wildman–Crippen MR) is 72.0 cm³/mol. The molecule has 1 aromatic carbocycles. The quantitative estimate of drug-likeness (QED) is 0.759. The summed E-state index contributed by atoms with van der Waals surface area (Å²) in [6, 6.07) is 10.8. The van der Waals surface area contributed by atoms with Gasteiger partial charge < -0.3 is 16.4 Å². The number of carbonyl (C=O) groups is 1. The molecule has 0 spiro atoms. The van der Waals surface area contributed by atoms with Crippen molar-refractivity contribution in [1.29, 1.82) is 0 Å². The average molecular weight is 247 g/mol. The van der Waals surface area contributed by atoms with Gasteiger partial charge in [-0.2, -0.15) is 0 Å². The molecular formula is C14H21N3O. The van der Waals surface area contributed by atoms with Crippen LogP contribution in [0.25, 0.3) is 0 Å². The molecule has 2 amide bonds. The Morgan fingerprint density at radius 2 is 1.72 bits per heavy atom. The minimum absolute atomic E-state index is 0.261. The SMILES string of the molecule is NC(=O)NC1CCC(NCc2ccccc2)CC1. The number of nitrogens with one attached hydrogen (secondary N) is 2. The van der Waals surface area contributed by atoms with E-state index in [-0.39, 0.29) is 6.04 Å². The number of nitrogens with two attached hydrogens (primary N) is 1. The third kappa shape index (κ3) is 4.04. The van der Waals surface area contributed by atoms with E-state index >= 15 is 0 Å². The standard InChI is InChI=1S/C14H21N3O/c15-14(18)17-13-8-6-12(7-9-13)16-10-11-4-2-1-3-5-11/h1-5,12-13,16H,6-10H2,(H3,15,17,18). The summed E-state index contributed by atoms with van der Waals surface area (Å²) in [4.78, 5) is 10.8. The maximum absolute atomic E-state index is 10.8. The number of rotatable bonds is 4. The third-order valence-corrected chi connectivity index (χ3v) is 3.51. The first-order chi connectivity index (χ1) is 8.74. The Hall–Kier alpha value is -1.55. The van der Waals surface area contributed by atoms with Crippen LogP contribution in [0.4, 0.5) is 4.79 Å². The number of amides is 2. The van der Waals surface area contributed by atoms with Gasteiger partial charge in [-0.1, -0.05) is 30.3 Å². The van der Waals surface area contributed by atoms with Crippen molar-refractivity contribution < 1.29 is 4.79 Å². The van der Waals surface area contributed by atoms with E-state index in [1.54, 1.807) is 0 Å². The Balaban J connectivity index is 1.69. The molecule has 0 unspecified atom stereocenters. The van der Waals surface area contributed by atoms with Crippen molar-refractivity contribution in [2.75, 3.05) is 0 Å². The fourth-order valence-corrected chi connectivity index (χ4v) is 2.50. The third-order valence-electron chi connectivity index (χ3n) is 3.51. The molecule has 4 N–H and O–H groups in total. The Morgan fingerprint density at radius 1 is 1.11 bits per heavy atom. The van der Waals surface area contributed by atoms with Crippen LogP contribution in [-0.4, -0.2) is 18.1 Å². The summed E-state index contributed by atoms with van der Waals surface area (Å²) in [5.74, 6) is 0.